The number of hydrogen-bond donors (Lipinski definition) is 0. The fourth-order valence-corrected chi connectivity index (χ4v) is 3.92. The van der Waals surface area contributed by atoms with Crippen LogP contribution in [0, 0.1) is 6.92 Å². The minimum atomic E-state index is -0.0365. The Hall–Kier alpha value is -4.24. The monoisotopic (exact) mass is 414 g/mol. The summed E-state index contributed by atoms with van der Waals surface area (Å²) < 4.78 is 2.08. The molecule has 0 atom stereocenters. The smallest absolute Gasteiger partial charge is 0.186 e. The van der Waals surface area contributed by atoms with Crippen LogP contribution in [0.15, 0.2) is 115 Å². The molecule has 154 valence electrons. The first-order valence-electron chi connectivity index (χ1n) is 10.6. The lowest BCUT2D eigenvalue weighted by molar-refractivity contribution is 0.104. The molecule has 3 aromatic carbocycles. The molecule has 0 amide bonds. The van der Waals surface area contributed by atoms with Gasteiger partial charge < -0.3 is 0 Å². The van der Waals surface area contributed by atoms with Crippen LogP contribution in [0.5, 0.6) is 0 Å². The molecule has 5 aromatic rings. The summed E-state index contributed by atoms with van der Waals surface area (Å²) in [5.74, 6) is -0.0365. The molecule has 0 saturated carbocycles. The standard InChI is InChI=1S/C29H22N2O/c1-21-17-18-31-27(19-21)30-28(24-15-9-4-10-16-24)29(31)25(22-11-5-2-6-12-22)20-26(32)23-13-7-3-8-14-23/h2-20H,1H3/b25-20+. The number of carbonyl (C=O) groups excluding carboxylic acids is 1. The molecular formula is C29H22N2O. The predicted octanol–water partition coefficient (Wildman–Crippen LogP) is 6.62. The molecule has 3 heteroatoms. The maximum absolute atomic E-state index is 13.3. The van der Waals surface area contributed by atoms with Gasteiger partial charge in [0.15, 0.2) is 5.78 Å². The SMILES string of the molecule is Cc1ccn2c(/C(=C/C(=O)c3ccccc3)c3ccccc3)c(-c3ccccc3)nc2c1. The largest absolute Gasteiger partial charge is 0.299 e. The highest BCUT2D eigenvalue weighted by atomic mass is 16.1. The summed E-state index contributed by atoms with van der Waals surface area (Å²) in [5, 5.41) is 0. The molecule has 0 N–H and O–H groups in total. The van der Waals surface area contributed by atoms with Gasteiger partial charge in [-0.05, 0) is 36.3 Å². The number of rotatable bonds is 5. The highest BCUT2D eigenvalue weighted by molar-refractivity contribution is 6.11. The van der Waals surface area contributed by atoms with E-state index in [0.29, 0.717) is 5.56 Å². The van der Waals surface area contributed by atoms with Crippen molar-refractivity contribution in [2.24, 2.45) is 0 Å². The second-order valence-electron chi connectivity index (χ2n) is 7.76. The number of carbonyl (C=O) groups is 1. The zero-order valence-corrected chi connectivity index (χ0v) is 17.8. The summed E-state index contributed by atoms with van der Waals surface area (Å²) in [6.07, 6.45) is 3.77. The highest BCUT2D eigenvalue weighted by Gasteiger charge is 2.20. The van der Waals surface area contributed by atoms with E-state index in [1.165, 1.54) is 0 Å². The molecule has 2 heterocycles. The number of aromatic nitrogens is 2. The van der Waals surface area contributed by atoms with Gasteiger partial charge >= 0.3 is 0 Å². The van der Waals surface area contributed by atoms with Crippen molar-refractivity contribution in [1.29, 1.82) is 0 Å². The topological polar surface area (TPSA) is 34.4 Å². The molecule has 32 heavy (non-hydrogen) atoms. The van der Waals surface area contributed by atoms with Crippen molar-refractivity contribution in [2.45, 2.75) is 6.92 Å². The van der Waals surface area contributed by atoms with Gasteiger partial charge in [0.05, 0.1) is 11.4 Å². The van der Waals surface area contributed by atoms with Gasteiger partial charge in [-0.2, -0.15) is 0 Å². The lowest BCUT2D eigenvalue weighted by Gasteiger charge is -2.11. The third-order valence-electron chi connectivity index (χ3n) is 5.50. The summed E-state index contributed by atoms with van der Waals surface area (Å²) in [4.78, 5) is 18.2. The first-order chi connectivity index (χ1) is 15.7. The molecule has 0 aliphatic carbocycles. The number of benzene rings is 3. The van der Waals surface area contributed by atoms with Crippen LogP contribution in [-0.2, 0) is 0 Å². The van der Waals surface area contributed by atoms with Crippen LogP contribution < -0.4 is 0 Å². The van der Waals surface area contributed by atoms with E-state index in [9.17, 15) is 4.79 Å². The second kappa shape index (κ2) is 8.48. The summed E-state index contributed by atoms with van der Waals surface area (Å²) in [5.41, 5.74) is 7.23. The zero-order valence-electron chi connectivity index (χ0n) is 17.8. The van der Waals surface area contributed by atoms with E-state index >= 15 is 0 Å². The number of nitrogens with zero attached hydrogens (tertiary/aromatic N) is 2. The van der Waals surface area contributed by atoms with E-state index in [2.05, 4.69) is 35.6 Å². The molecule has 0 unspecified atom stereocenters. The van der Waals surface area contributed by atoms with Gasteiger partial charge in [-0.1, -0.05) is 91.0 Å². The summed E-state index contributed by atoms with van der Waals surface area (Å²) in [6, 6.07) is 33.7. The van der Waals surface area contributed by atoms with Crippen molar-refractivity contribution < 1.29 is 4.79 Å². The van der Waals surface area contributed by atoms with Gasteiger partial charge in [0.25, 0.3) is 0 Å². The van der Waals surface area contributed by atoms with Gasteiger partial charge in [0.2, 0.25) is 0 Å². The fraction of sp³-hybridized carbons (Fsp3) is 0.0345. The van der Waals surface area contributed by atoms with Crippen LogP contribution in [0.2, 0.25) is 0 Å². The number of pyridine rings is 1. The van der Waals surface area contributed by atoms with Gasteiger partial charge in [-0.15, -0.1) is 0 Å². The molecule has 5 rings (SSSR count). The molecule has 2 aromatic heterocycles. The quantitative estimate of drug-likeness (QED) is 0.239. The summed E-state index contributed by atoms with van der Waals surface area (Å²) >= 11 is 0. The first kappa shape index (κ1) is 19.7. The van der Waals surface area contributed by atoms with Crippen LogP contribution in [0.3, 0.4) is 0 Å². The maximum Gasteiger partial charge on any atom is 0.186 e. The summed E-state index contributed by atoms with van der Waals surface area (Å²) in [7, 11) is 0. The van der Waals surface area contributed by atoms with Crippen molar-refractivity contribution in [3.05, 3.63) is 138 Å². The van der Waals surface area contributed by atoms with Crippen molar-refractivity contribution in [1.82, 2.24) is 9.38 Å². The minimum absolute atomic E-state index is 0.0365. The zero-order chi connectivity index (χ0) is 21.9. The van der Waals surface area contributed by atoms with Crippen LogP contribution in [-0.4, -0.2) is 15.2 Å². The number of imidazole rings is 1. The third-order valence-corrected chi connectivity index (χ3v) is 5.50. The van der Waals surface area contributed by atoms with E-state index in [-0.39, 0.29) is 5.78 Å². The normalized spacial score (nSPS) is 11.6. The Balaban J connectivity index is 1.81. The molecule has 0 saturated heterocycles. The number of allylic oxidation sites excluding steroid dienone is 1. The van der Waals surface area contributed by atoms with E-state index < -0.39 is 0 Å². The average molecular weight is 415 g/mol. The Bertz CT molecular complexity index is 1420. The van der Waals surface area contributed by atoms with Crippen LogP contribution in [0.25, 0.3) is 22.5 Å². The number of hydrogen-bond acceptors (Lipinski definition) is 2. The van der Waals surface area contributed by atoms with Gasteiger partial charge in [-0.3, -0.25) is 9.20 Å². The van der Waals surface area contributed by atoms with Crippen LogP contribution >= 0.6 is 0 Å². The van der Waals surface area contributed by atoms with Crippen molar-refractivity contribution in [3.63, 3.8) is 0 Å². The average Bonchev–Trinajstić information content (AvgIpc) is 3.22. The Labute approximate surface area is 187 Å². The number of ketones is 1. The molecule has 3 nitrogen and oxygen atoms in total. The summed E-state index contributed by atoms with van der Waals surface area (Å²) in [6.45, 7) is 2.06. The van der Waals surface area contributed by atoms with Crippen molar-refractivity contribution in [2.75, 3.05) is 0 Å². The van der Waals surface area contributed by atoms with Crippen molar-refractivity contribution in [3.8, 4) is 11.3 Å². The predicted molar refractivity (Wildman–Crippen MR) is 130 cm³/mol. The van der Waals surface area contributed by atoms with E-state index in [0.717, 1.165) is 39.3 Å². The lowest BCUT2D eigenvalue weighted by atomic mass is 9.96. The number of aryl methyl sites for hydroxylation is 1. The van der Waals surface area contributed by atoms with E-state index in [4.69, 9.17) is 4.98 Å². The number of fused-ring (bicyclic) bond motifs is 1. The molecule has 0 radical (unpaired) electrons. The highest BCUT2D eigenvalue weighted by Crippen LogP contribution is 2.34. The first-order valence-corrected chi connectivity index (χ1v) is 10.6. The second-order valence-corrected chi connectivity index (χ2v) is 7.76. The Morgan fingerprint density at radius 1 is 0.781 bits per heavy atom. The van der Waals surface area contributed by atoms with E-state index in [1.807, 2.05) is 85.1 Å². The van der Waals surface area contributed by atoms with Gasteiger partial charge in [0, 0.05) is 22.9 Å². The Morgan fingerprint density at radius 2 is 1.38 bits per heavy atom. The molecule has 0 bridgehead atoms. The Kier molecular flexibility index (Phi) is 5.22. The Morgan fingerprint density at radius 3 is 2.03 bits per heavy atom. The van der Waals surface area contributed by atoms with Crippen LogP contribution in [0.1, 0.15) is 27.2 Å². The molecular weight excluding hydrogens is 392 g/mol. The van der Waals surface area contributed by atoms with Gasteiger partial charge in [0.1, 0.15) is 5.65 Å². The molecule has 0 fully saturated rings. The third kappa shape index (κ3) is 3.77. The van der Waals surface area contributed by atoms with Gasteiger partial charge in [-0.25, -0.2) is 4.98 Å². The van der Waals surface area contributed by atoms with E-state index in [1.54, 1.807) is 6.08 Å². The fourth-order valence-electron chi connectivity index (χ4n) is 3.92. The molecule has 0 spiro atoms. The van der Waals surface area contributed by atoms with Crippen molar-refractivity contribution >= 4 is 17.0 Å². The molecule has 0 aliphatic heterocycles. The minimum Gasteiger partial charge on any atom is -0.299 e. The maximum atomic E-state index is 13.3. The molecule has 0 aliphatic rings. The van der Waals surface area contributed by atoms with Crippen LogP contribution in [0.4, 0.5) is 0 Å². The lowest BCUT2D eigenvalue weighted by Crippen LogP contribution is -2.01.